The maximum Gasteiger partial charge on any atom is 0.323 e. The summed E-state index contributed by atoms with van der Waals surface area (Å²) in [5.41, 5.74) is -0.815. The lowest BCUT2D eigenvalue weighted by atomic mass is 9.91. The van der Waals surface area contributed by atoms with E-state index in [1.54, 1.807) is 14.2 Å². The van der Waals surface area contributed by atoms with Crippen molar-refractivity contribution < 1.29 is 19.4 Å². The summed E-state index contributed by atoms with van der Waals surface area (Å²) in [4.78, 5) is 11.1. The van der Waals surface area contributed by atoms with E-state index in [-0.39, 0.29) is 0 Å². The maximum absolute atomic E-state index is 11.1. The van der Waals surface area contributed by atoms with Crippen LogP contribution in [0.3, 0.4) is 0 Å². The highest BCUT2D eigenvalue weighted by Crippen LogP contribution is 2.17. The minimum absolute atomic E-state index is 0.558. The number of hydrogen-bond donors (Lipinski definition) is 2. The average Bonchev–Trinajstić information content (AvgIpc) is 2.28. The Bertz CT molecular complexity index is 192. The summed E-state index contributed by atoms with van der Waals surface area (Å²) in [6.07, 6.45) is 1.86. The second kappa shape index (κ2) is 8.50. The Morgan fingerprint density at radius 1 is 1.38 bits per heavy atom. The lowest BCUT2D eigenvalue weighted by molar-refractivity contribution is -0.145. The molecule has 96 valence electrons. The molecule has 1 atom stereocenters. The smallest absolute Gasteiger partial charge is 0.323 e. The van der Waals surface area contributed by atoms with Crippen molar-refractivity contribution in [2.24, 2.45) is 0 Å². The predicted molar refractivity (Wildman–Crippen MR) is 61.6 cm³/mol. The van der Waals surface area contributed by atoms with Gasteiger partial charge in [0.25, 0.3) is 0 Å². The SMILES string of the molecule is CCC(CCCOCCOC)(NC)C(=O)O. The Hall–Kier alpha value is -0.650. The van der Waals surface area contributed by atoms with Crippen molar-refractivity contribution in [3.05, 3.63) is 0 Å². The number of rotatable bonds is 10. The molecule has 1 unspecified atom stereocenters. The minimum atomic E-state index is -0.815. The van der Waals surface area contributed by atoms with Gasteiger partial charge in [-0.3, -0.25) is 4.79 Å². The van der Waals surface area contributed by atoms with E-state index in [0.717, 1.165) is 6.42 Å². The zero-order valence-corrected chi connectivity index (χ0v) is 10.4. The van der Waals surface area contributed by atoms with Gasteiger partial charge in [0.2, 0.25) is 0 Å². The summed E-state index contributed by atoms with van der Waals surface area (Å²) in [7, 11) is 3.31. The second-order valence-electron chi connectivity index (χ2n) is 3.70. The van der Waals surface area contributed by atoms with E-state index in [1.165, 1.54) is 0 Å². The van der Waals surface area contributed by atoms with Crippen LogP contribution in [0.4, 0.5) is 0 Å². The molecule has 0 amide bonds. The number of likely N-dealkylation sites (N-methyl/N-ethyl adjacent to an activating group) is 1. The molecule has 5 heteroatoms. The molecule has 0 aliphatic heterocycles. The van der Waals surface area contributed by atoms with Crippen molar-refractivity contribution >= 4 is 5.97 Å². The lowest BCUT2D eigenvalue weighted by Gasteiger charge is -2.27. The normalized spacial score (nSPS) is 14.7. The largest absolute Gasteiger partial charge is 0.480 e. The van der Waals surface area contributed by atoms with Crippen LogP contribution in [0.1, 0.15) is 26.2 Å². The number of carbonyl (C=O) groups is 1. The van der Waals surface area contributed by atoms with Crippen LogP contribution in [0.15, 0.2) is 0 Å². The van der Waals surface area contributed by atoms with Gasteiger partial charge in [0.1, 0.15) is 5.54 Å². The van der Waals surface area contributed by atoms with E-state index >= 15 is 0 Å². The highest BCUT2D eigenvalue weighted by atomic mass is 16.5. The fraction of sp³-hybridized carbons (Fsp3) is 0.909. The third-order valence-corrected chi connectivity index (χ3v) is 2.82. The highest BCUT2D eigenvalue weighted by molar-refractivity contribution is 5.78. The molecular weight excluding hydrogens is 210 g/mol. The molecule has 0 saturated carbocycles. The van der Waals surface area contributed by atoms with E-state index in [0.29, 0.717) is 32.7 Å². The van der Waals surface area contributed by atoms with Gasteiger partial charge in [0.15, 0.2) is 0 Å². The Balaban J connectivity index is 3.81. The molecule has 0 rings (SSSR count). The molecule has 0 aliphatic rings. The Labute approximate surface area is 97.1 Å². The van der Waals surface area contributed by atoms with Gasteiger partial charge >= 0.3 is 5.97 Å². The Kier molecular flexibility index (Phi) is 8.15. The van der Waals surface area contributed by atoms with Gasteiger partial charge < -0.3 is 19.9 Å². The van der Waals surface area contributed by atoms with Gasteiger partial charge in [-0.15, -0.1) is 0 Å². The molecule has 0 spiro atoms. The summed E-state index contributed by atoms with van der Waals surface area (Å²) < 4.78 is 10.1. The van der Waals surface area contributed by atoms with Gasteiger partial charge in [0.05, 0.1) is 13.2 Å². The van der Waals surface area contributed by atoms with E-state index in [1.807, 2.05) is 6.92 Å². The minimum Gasteiger partial charge on any atom is -0.480 e. The van der Waals surface area contributed by atoms with Gasteiger partial charge in [-0.25, -0.2) is 0 Å². The number of carboxylic acid groups (broad SMARTS) is 1. The van der Waals surface area contributed by atoms with Crippen LogP contribution >= 0.6 is 0 Å². The van der Waals surface area contributed by atoms with Crippen LogP contribution in [0.25, 0.3) is 0 Å². The number of carboxylic acids is 1. The first-order valence-electron chi connectivity index (χ1n) is 5.62. The molecule has 5 nitrogen and oxygen atoms in total. The van der Waals surface area contributed by atoms with Crippen LogP contribution in [0.2, 0.25) is 0 Å². The lowest BCUT2D eigenvalue weighted by Crippen LogP contribution is -2.49. The van der Waals surface area contributed by atoms with Crippen molar-refractivity contribution in [1.82, 2.24) is 5.32 Å². The first-order chi connectivity index (χ1) is 7.63. The molecule has 16 heavy (non-hydrogen) atoms. The van der Waals surface area contributed by atoms with Gasteiger partial charge in [0, 0.05) is 13.7 Å². The number of ether oxygens (including phenoxy) is 2. The molecule has 0 aromatic carbocycles. The summed E-state index contributed by atoms with van der Waals surface area (Å²) in [6, 6.07) is 0. The van der Waals surface area contributed by atoms with Crippen LogP contribution in [0.5, 0.6) is 0 Å². The summed E-state index contributed by atoms with van der Waals surface area (Å²) >= 11 is 0. The van der Waals surface area contributed by atoms with Gasteiger partial charge in [-0.1, -0.05) is 6.92 Å². The predicted octanol–water partition coefficient (Wildman–Crippen LogP) is 0.882. The van der Waals surface area contributed by atoms with Crippen LogP contribution in [-0.4, -0.2) is 50.6 Å². The van der Waals surface area contributed by atoms with Crippen LogP contribution in [-0.2, 0) is 14.3 Å². The first kappa shape index (κ1) is 15.3. The Morgan fingerprint density at radius 2 is 2.06 bits per heavy atom. The molecule has 0 heterocycles. The first-order valence-corrected chi connectivity index (χ1v) is 5.62. The fourth-order valence-corrected chi connectivity index (χ4v) is 1.56. The van der Waals surface area contributed by atoms with Crippen molar-refractivity contribution in [2.45, 2.75) is 31.7 Å². The number of aliphatic carboxylic acids is 1. The molecule has 0 radical (unpaired) electrons. The second-order valence-corrected chi connectivity index (χ2v) is 3.70. The summed E-state index contributed by atoms with van der Waals surface area (Å²) in [5.74, 6) is -0.797. The number of methoxy groups -OCH3 is 1. The van der Waals surface area contributed by atoms with Crippen molar-refractivity contribution in [2.75, 3.05) is 34.0 Å². The maximum atomic E-state index is 11.1. The monoisotopic (exact) mass is 233 g/mol. The fourth-order valence-electron chi connectivity index (χ4n) is 1.56. The quantitative estimate of drug-likeness (QED) is 0.548. The molecule has 2 N–H and O–H groups in total. The zero-order valence-electron chi connectivity index (χ0n) is 10.4. The van der Waals surface area contributed by atoms with Crippen LogP contribution < -0.4 is 5.32 Å². The van der Waals surface area contributed by atoms with E-state index in [4.69, 9.17) is 14.6 Å². The van der Waals surface area contributed by atoms with E-state index in [2.05, 4.69) is 5.32 Å². The number of nitrogens with one attached hydrogen (secondary N) is 1. The standard InChI is InChI=1S/C11H23NO4/c1-4-11(12-2,10(13)14)6-5-7-16-9-8-15-3/h12H,4-9H2,1-3H3,(H,13,14). The average molecular weight is 233 g/mol. The topological polar surface area (TPSA) is 67.8 Å². The van der Waals surface area contributed by atoms with Crippen molar-refractivity contribution in [3.63, 3.8) is 0 Å². The van der Waals surface area contributed by atoms with E-state index in [9.17, 15) is 4.79 Å². The zero-order chi connectivity index (χ0) is 12.4. The van der Waals surface area contributed by atoms with Crippen molar-refractivity contribution in [3.8, 4) is 0 Å². The molecule has 0 saturated heterocycles. The van der Waals surface area contributed by atoms with Crippen LogP contribution in [0, 0.1) is 0 Å². The van der Waals surface area contributed by atoms with Gasteiger partial charge in [-0.05, 0) is 26.3 Å². The molecule has 0 bridgehead atoms. The third-order valence-electron chi connectivity index (χ3n) is 2.82. The third kappa shape index (κ3) is 4.92. The Morgan fingerprint density at radius 3 is 2.50 bits per heavy atom. The molecule has 0 aromatic heterocycles. The molecule has 0 aromatic rings. The van der Waals surface area contributed by atoms with E-state index < -0.39 is 11.5 Å². The highest BCUT2D eigenvalue weighted by Gasteiger charge is 2.33. The summed E-state index contributed by atoms with van der Waals surface area (Å²) in [6.45, 7) is 3.57. The molecular formula is C11H23NO4. The summed E-state index contributed by atoms with van der Waals surface area (Å²) in [5, 5.41) is 12.0. The van der Waals surface area contributed by atoms with Crippen molar-refractivity contribution in [1.29, 1.82) is 0 Å². The molecule has 0 fully saturated rings. The number of hydrogen-bond acceptors (Lipinski definition) is 4. The van der Waals surface area contributed by atoms with Gasteiger partial charge in [-0.2, -0.15) is 0 Å². The molecule has 0 aliphatic carbocycles.